The van der Waals surface area contributed by atoms with Crippen molar-refractivity contribution in [1.82, 2.24) is 10.2 Å². The Morgan fingerprint density at radius 3 is 2.33 bits per heavy atom. The number of nitrogens with zero attached hydrogens (tertiary/aromatic N) is 1. The van der Waals surface area contributed by atoms with Crippen LogP contribution in [0.4, 0.5) is 0 Å². The first kappa shape index (κ1) is 15.4. The fourth-order valence-corrected chi connectivity index (χ4v) is 2.84. The van der Waals surface area contributed by atoms with Crippen LogP contribution in [0.5, 0.6) is 0 Å². The zero-order valence-electron chi connectivity index (χ0n) is 12.3. The normalized spacial score (nSPS) is 19.6. The molecule has 0 aliphatic heterocycles. The van der Waals surface area contributed by atoms with E-state index in [0.29, 0.717) is 13.0 Å². The number of hydrogen-bond acceptors (Lipinski definition) is 3. The number of nitrogens with one attached hydrogen (secondary N) is 1. The van der Waals surface area contributed by atoms with E-state index in [4.69, 9.17) is 0 Å². The molecule has 0 aromatic heterocycles. The number of carbonyl (C=O) groups is 1. The first-order valence-electron chi connectivity index (χ1n) is 6.93. The van der Waals surface area contributed by atoms with Crippen LogP contribution in [0.15, 0.2) is 0 Å². The zero-order valence-corrected chi connectivity index (χ0v) is 12.3. The molecule has 0 unspecified atom stereocenters. The second-order valence-corrected chi connectivity index (χ2v) is 6.33. The predicted octanol–water partition coefficient (Wildman–Crippen LogP) is 1.53. The summed E-state index contributed by atoms with van der Waals surface area (Å²) >= 11 is 0. The molecule has 0 atom stereocenters. The number of likely N-dealkylation sites (N-methyl/N-ethyl adjacent to an activating group) is 1. The molecule has 4 heteroatoms. The molecule has 1 fully saturated rings. The van der Waals surface area contributed by atoms with Gasteiger partial charge >= 0.3 is 0 Å². The van der Waals surface area contributed by atoms with Crippen LogP contribution in [0, 0.1) is 0 Å². The molecule has 1 aliphatic carbocycles. The van der Waals surface area contributed by atoms with Gasteiger partial charge in [-0.3, -0.25) is 4.79 Å². The smallest absolute Gasteiger partial charge is 0.224 e. The highest BCUT2D eigenvalue weighted by Crippen LogP contribution is 2.31. The van der Waals surface area contributed by atoms with Gasteiger partial charge in [-0.2, -0.15) is 0 Å². The summed E-state index contributed by atoms with van der Waals surface area (Å²) in [5.41, 5.74) is -0.854. The summed E-state index contributed by atoms with van der Waals surface area (Å²) in [6.07, 6.45) is 6.36. The fourth-order valence-electron chi connectivity index (χ4n) is 2.84. The second kappa shape index (κ2) is 6.02. The Morgan fingerprint density at radius 1 is 1.33 bits per heavy atom. The van der Waals surface area contributed by atoms with Gasteiger partial charge in [0.15, 0.2) is 0 Å². The molecule has 106 valence electrons. The molecule has 0 bridgehead atoms. The first-order valence-corrected chi connectivity index (χ1v) is 6.93. The van der Waals surface area contributed by atoms with E-state index >= 15 is 0 Å². The van der Waals surface area contributed by atoms with Crippen molar-refractivity contribution in [1.29, 1.82) is 0 Å². The zero-order chi connectivity index (χ0) is 13.8. The molecule has 1 saturated carbocycles. The van der Waals surface area contributed by atoms with Crippen molar-refractivity contribution in [3.63, 3.8) is 0 Å². The maximum absolute atomic E-state index is 12.2. The summed E-state index contributed by atoms with van der Waals surface area (Å²) in [7, 11) is 3.72. The lowest BCUT2D eigenvalue weighted by Gasteiger charge is -2.38. The number of amides is 1. The highest BCUT2D eigenvalue weighted by atomic mass is 16.3. The summed E-state index contributed by atoms with van der Waals surface area (Å²) in [6.45, 7) is 3.84. The molecule has 1 amide bonds. The van der Waals surface area contributed by atoms with Crippen molar-refractivity contribution in [2.75, 3.05) is 20.6 Å². The van der Waals surface area contributed by atoms with E-state index in [2.05, 4.69) is 5.32 Å². The minimum absolute atomic E-state index is 0.0246. The molecule has 0 saturated heterocycles. The molecule has 0 heterocycles. The van der Waals surface area contributed by atoms with Gasteiger partial charge in [0, 0.05) is 25.6 Å². The number of carbonyl (C=O) groups excluding carboxylic acids is 1. The largest absolute Gasteiger partial charge is 0.389 e. The van der Waals surface area contributed by atoms with Gasteiger partial charge < -0.3 is 15.3 Å². The van der Waals surface area contributed by atoms with Gasteiger partial charge in [0.1, 0.15) is 0 Å². The molecule has 4 nitrogen and oxygen atoms in total. The van der Waals surface area contributed by atoms with Gasteiger partial charge in [0.25, 0.3) is 0 Å². The van der Waals surface area contributed by atoms with E-state index in [-0.39, 0.29) is 11.4 Å². The van der Waals surface area contributed by atoms with Gasteiger partial charge in [0.05, 0.1) is 5.60 Å². The molecule has 0 radical (unpaired) electrons. The standard InChI is InChI=1S/C14H28N2O2/c1-13(2,18)11-16(4)12(17)10-14(15-3)8-6-5-7-9-14/h15,18H,5-11H2,1-4H3. The Morgan fingerprint density at radius 2 is 1.89 bits per heavy atom. The lowest BCUT2D eigenvalue weighted by atomic mass is 9.79. The first-order chi connectivity index (χ1) is 8.28. The minimum Gasteiger partial charge on any atom is -0.389 e. The summed E-state index contributed by atoms with van der Waals surface area (Å²) in [5.74, 6) is 0.119. The van der Waals surface area contributed by atoms with Gasteiger partial charge in [-0.15, -0.1) is 0 Å². The van der Waals surface area contributed by atoms with E-state index in [0.717, 1.165) is 12.8 Å². The van der Waals surface area contributed by atoms with Crippen molar-refractivity contribution in [2.45, 2.75) is 63.5 Å². The molecule has 1 aliphatic rings. The molecule has 1 rings (SSSR count). The maximum Gasteiger partial charge on any atom is 0.224 e. The SMILES string of the molecule is CNC1(CC(=O)N(C)CC(C)(C)O)CCCCC1. The molecular formula is C14H28N2O2. The Labute approximate surface area is 111 Å². The van der Waals surface area contributed by atoms with Crippen LogP contribution < -0.4 is 5.32 Å². The average Bonchev–Trinajstić information content (AvgIpc) is 2.28. The molecule has 0 spiro atoms. The number of hydrogen-bond donors (Lipinski definition) is 2. The van der Waals surface area contributed by atoms with Gasteiger partial charge in [-0.05, 0) is 33.7 Å². The lowest BCUT2D eigenvalue weighted by Crippen LogP contribution is -2.50. The molecule has 18 heavy (non-hydrogen) atoms. The third kappa shape index (κ3) is 4.58. The Kier molecular flexibility index (Phi) is 5.17. The minimum atomic E-state index is -0.830. The van der Waals surface area contributed by atoms with Crippen molar-refractivity contribution >= 4 is 5.91 Å². The highest BCUT2D eigenvalue weighted by Gasteiger charge is 2.34. The van der Waals surface area contributed by atoms with Crippen LogP contribution in [0.2, 0.25) is 0 Å². The van der Waals surface area contributed by atoms with E-state index in [1.807, 2.05) is 7.05 Å². The third-order valence-electron chi connectivity index (χ3n) is 3.88. The number of rotatable bonds is 5. The van der Waals surface area contributed by atoms with Crippen LogP contribution in [0.1, 0.15) is 52.4 Å². The topological polar surface area (TPSA) is 52.6 Å². The summed E-state index contributed by atoms with van der Waals surface area (Å²) in [4.78, 5) is 13.9. The van der Waals surface area contributed by atoms with Crippen LogP contribution >= 0.6 is 0 Å². The maximum atomic E-state index is 12.2. The average molecular weight is 256 g/mol. The fraction of sp³-hybridized carbons (Fsp3) is 0.929. The van der Waals surface area contributed by atoms with E-state index in [1.165, 1.54) is 19.3 Å². The van der Waals surface area contributed by atoms with Crippen LogP contribution in [-0.2, 0) is 4.79 Å². The van der Waals surface area contributed by atoms with Gasteiger partial charge in [-0.25, -0.2) is 0 Å². The number of aliphatic hydroxyl groups is 1. The Hall–Kier alpha value is -0.610. The van der Waals surface area contributed by atoms with Crippen molar-refractivity contribution in [2.24, 2.45) is 0 Å². The van der Waals surface area contributed by atoms with Gasteiger partial charge in [0.2, 0.25) is 5.91 Å². The van der Waals surface area contributed by atoms with E-state index in [9.17, 15) is 9.90 Å². The Balaban J connectivity index is 2.56. The molecule has 0 aromatic rings. The highest BCUT2D eigenvalue weighted by molar-refractivity contribution is 5.77. The van der Waals surface area contributed by atoms with Crippen molar-refractivity contribution < 1.29 is 9.90 Å². The monoisotopic (exact) mass is 256 g/mol. The van der Waals surface area contributed by atoms with Crippen molar-refractivity contribution in [3.05, 3.63) is 0 Å². The summed E-state index contributed by atoms with van der Waals surface area (Å²) < 4.78 is 0. The van der Waals surface area contributed by atoms with Gasteiger partial charge in [-0.1, -0.05) is 19.3 Å². The quantitative estimate of drug-likeness (QED) is 0.784. The van der Waals surface area contributed by atoms with E-state index in [1.54, 1.807) is 25.8 Å². The summed E-state index contributed by atoms with van der Waals surface area (Å²) in [6, 6.07) is 0. The lowest BCUT2D eigenvalue weighted by molar-refractivity contribution is -0.134. The molecule has 2 N–H and O–H groups in total. The Bertz CT molecular complexity index is 278. The summed E-state index contributed by atoms with van der Waals surface area (Å²) in [5, 5.41) is 13.1. The van der Waals surface area contributed by atoms with E-state index < -0.39 is 5.60 Å². The van der Waals surface area contributed by atoms with Crippen LogP contribution in [0.25, 0.3) is 0 Å². The second-order valence-electron chi connectivity index (χ2n) is 6.33. The molecule has 0 aromatic carbocycles. The third-order valence-corrected chi connectivity index (χ3v) is 3.88. The van der Waals surface area contributed by atoms with Crippen LogP contribution in [0.3, 0.4) is 0 Å². The molecular weight excluding hydrogens is 228 g/mol. The van der Waals surface area contributed by atoms with Crippen molar-refractivity contribution in [3.8, 4) is 0 Å². The van der Waals surface area contributed by atoms with Crippen LogP contribution in [-0.4, -0.2) is 47.7 Å². The predicted molar refractivity (Wildman–Crippen MR) is 73.4 cm³/mol.